The number of aromatic nitrogens is 1. The number of halogens is 1. The topological polar surface area (TPSA) is 98.8 Å². The maximum atomic E-state index is 11.7. The standard InChI is InChI=1S/C25H18ClN3O4S/c26-14-8-9-19(30)18(13-14)29-23(22(28-25(29)34)17-7-3-4-12-27-17)21-11-10-20(33-21)15-5-1-2-6-16(15)24(31)32/h1-13,22-23,30H,(H,28,34)(H,31,32)/t22-,23+/m1/s1. The first-order valence-electron chi connectivity index (χ1n) is 10.4. The van der Waals surface area contributed by atoms with Gasteiger partial charge >= 0.3 is 5.97 Å². The van der Waals surface area contributed by atoms with Gasteiger partial charge in [0.25, 0.3) is 0 Å². The highest BCUT2D eigenvalue weighted by Crippen LogP contribution is 2.46. The van der Waals surface area contributed by atoms with E-state index in [4.69, 9.17) is 28.2 Å². The number of nitrogens with zero attached hydrogens (tertiary/aromatic N) is 2. The molecule has 9 heteroatoms. The number of aromatic carboxylic acids is 1. The lowest BCUT2D eigenvalue weighted by Crippen LogP contribution is -2.29. The number of rotatable bonds is 5. The van der Waals surface area contributed by atoms with Crippen LogP contribution >= 0.6 is 23.8 Å². The van der Waals surface area contributed by atoms with Gasteiger partial charge in [-0.3, -0.25) is 4.98 Å². The second-order valence-electron chi connectivity index (χ2n) is 7.68. The summed E-state index contributed by atoms with van der Waals surface area (Å²) in [5, 5.41) is 24.3. The van der Waals surface area contributed by atoms with E-state index in [0.717, 1.165) is 5.69 Å². The van der Waals surface area contributed by atoms with Gasteiger partial charge in [-0.05, 0) is 60.7 Å². The molecule has 34 heavy (non-hydrogen) atoms. The highest BCUT2D eigenvalue weighted by Gasteiger charge is 2.43. The van der Waals surface area contributed by atoms with E-state index in [1.165, 1.54) is 12.1 Å². The first-order valence-corrected chi connectivity index (χ1v) is 11.1. The molecule has 2 aromatic carbocycles. The number of hydrogen-bond donors (Lipinski definition) is 3. The molecule has 1 saturated heterocycles. The number of phenolic OH excluding ortho intramolecular Hbond substituents is 1. The monoisotopic (exact) mass is 491 g/mol. The van der Waals surface area contributed by atoms with E-state index < -0.39 is 18.1 Å². The molecule has 170 valence electrons. The fourth-order valence-corrected chi connectivity index (χ4v) is 4.64. The van der Waals surface area contributed by atoms with Crippen LogP contribution in [0.2, 0.25) is 5.02 Å². The molecule has 4 aromatic rings. The Labute approximate surface area is 205 Å². The van der Waals surface area contributed by atoms with Gasteiger partial charge in [0.1, 0.15) is 23.3 Å². The molecular weight excluding hydrogens is 474 g/mol. The number of carboxylic acid groups (broad SMARTS) is 1. The highest BCUT2D eigenvalue weighted by molar-refractivity contribution is 7.80. The van der Waals surface area contributed by atoms with Crippen molar-refractivity contribution in [3.63, 3.8) is 0 Å². The third-order valence-electron chi connectivity index (χ3n) is 5.64. The highest BCUT2D eigenvalue weighted by atomic mass is 35.5. The number of hydrogen-bond acceptors (Lipinski definition) is 5. The number of anilines is 1. The quantitative estimate of drug-likeness (QED) is 0.311. The van der Waals surface area contributed by atoms with Crippen LogP contribution in [0.3, 0.4) is 0 Å². The average molecular weight is 492 g/mol. The molecule has 5 rings (SSSR count). The average Bonchev–Trinajstić information content (AvgIpc) is 3.46. The van der Waals surface area contributed by atoms with Crippen LogP contribution in [-0.2, 0) is 0 Å². The summed E-state index contributed by atoms with van der Waals surface area (Å²) in [5.41, 5.74) is 1.73. The number of thiocarbonyl (C=S) groups is 1. The maximum Gasteiger partial charge on any atom is 0.336 e. The zero-order chi connectivity index (χ0) is 23.8. The van der Waals surface area contributed by atoms with Crippen LogP contribution in [0.1, 0.15) is 33.9 Å². The summed E-state index contributed by atoms with van der Waals surface area (Å²) in [6, 6.07) is 19.5. The van der Waals surface area contributed by atoms with Crippen molar-refractivity contribution in [3.8, 4) is 17.1 Å². The fraction of sp³-hybridized carbons (Fsp3) is 0.0800. The predicted octanol–water partition coefficient (Wildman–Crippen LogP) is 5.58. The minimum atomic E-state index is -1.05. The third-order valence-corrected chi connectivity index (χ3v) is 6.19. The van der Waals surface area contributed by atoms with Crippen LogP contribution in [0.4, 0.5) is 5.69 Å². The Morgan fingerprint density at radius 2 is 1.88 bits per heavy atom. The van der Waals surface area contributed by atoms with E-state index >= 15 is 0 Å². The lowest BCUT2D eigenvalue weighted by Gasteiger charge is -2.26. The summed E-state index contributed by atoms with van der Waals surface area (Å²) >= 11 is 11.9. The molecule has 0 unspecified atom stereocenters. The van der Waals surface area contributed by atoms with Gasteiger partial charge < -0.3 is 24.8 Å². The number of benzene rings is 2. The number of nitrogens with one attached hydrogen (secondary N) is 1. The van der Waals surface area contributed by atoms with Gasteiger partial charge in [-0.25, -0.2) is 4.79 Å². The van der Waals surface area contributed by atoms with Crippen LogP contribution in [0.25, 0.3) is 11.3 Å². The van der Waals surface area contributed by atoms with Gasteiger partial charge in [-0.15, -0.1) is 0 Å². The summed E-state index contributed by atoms with van der Waals surface area (Å²) in [4.78, 5) is 17.9. The van der Waals surface area contributed by atoms with Crippen LogP contribution in [0.5, 0.6) is 5.75 Å². The summed E-state index contributed by atoms with van der Waals surface area (Å²) < 4.78 is 6.22. The second-order valence-corrected chi connectivity index (χ2v) is 8.51. The zero-order valence-electron chi connectivity index (χ0n) is 17.6. The van der Waals surface area contributed by atoms with Gasteiger partial charge in [0.05, 0.1) is 23.0 Å². The molecule has 1 aliphatic rings. The molecule has 0 aliphatic carbocycles. The lowest BCUT2D eigenvalue weighted by molar-refractivity contribution is 0.0697. The summed E-state index contributed by atoms with van der Waals surface area (Å²) in [6.07, 6.45) is 1.69. The molecule has 3 N–H and O–H groups in total. The van der Waals surface area contributed by atoms with Gasteiger partial charge in [-0.2, -0.15) is 0 Å². The third kappa shape index (κ3) is 3.87. The van der Waals surface area contributed by atoms with Crippen molar-refractivity contribution >= 4 is 40.6 Å². The Morgan fingerprint density at radius 1 is 1.09 bits per heavy atom. The Kier molecular flexibility index (Phi) is 5.69. The van der Waals surface area contributed by atoms with Gasteiger partial charge in [0.15, 0.2) is 5.11 Å². The van der Waals surface area contributed by atoms with Crippen molar-refractivity contribution in [2.75, 3.05) is 4.90 Å². The first kappa shape index (κ1) is 21.9. The van der Waals surface area contributed by atoms with Crippen LogP contribution in [0.15, 0.2) is 83.4 Å². The van der Waals surface area contributed by atoms with E-state index in [9.17, 15) is 15.0 Å². The lowest BCUT2D eigenvalue weighted by atomic mass is 10.0. The molecule has 7 nitrogen and oxygen atoms in total. The molecule has 1 fully saturated rings. The van der Waals surface area contributed by atoms with E-state index in [2.05, 4.69) is 10.3 Å². The summed E-state index contributed by atoms with van der Waals surface area (Å²) in [7, 11) is 0. The van der Waals surface area contributed by atoms with E-state index in [1.54, 1.807) is 53.6 Å². The number of aromatic hydroxyl groups is 1. The van der Waals surface area contributed by atoms with Crippen LogP contribution in [0, 0.1) is 0 Å². The molecule has 3 heterocycles. The number of pyridine rings is 1. The van der Waals surface area contributed by atoms with Gasteiger partial charge in [0, 0.05) is 16.8 Å². The van der Waals surface area contributed by atoms with Crippen molar-refractivity contribution in [2.45, 2.75) is 12.1 Å². The van der Waals surface area contributed by atoms with Gasteiger partial charge in [0.2, 0.25) is 0 Å². The Morgan fingerprint density at radius 3 is 2.65 bits per heavy atom. The van der Waals surface area contributed by atoms with Crippen LogP contribution < -0.4 is 10.2 Å². The molecule has 0 spiro atoms. The Balaban J connectivity index is 1.65. The van der Waals surface area contributed by atoms with Crippen LogP contribution in [-0.4, -0.2) is 26.3 Å². The molecule has 0 bridgehead atoms. The van der Waals surface area contributed by atoms with Gasteiger partial charge in [-0.1, -0.05) is 35.9 Å². The van der Waals surface area contributed by atoms with Crippen molar-refractivity contribution in [3.05, 3.63) is 101 Å². The smallest absolute Gasteiger partial charge is 0.336 e. The number of phenols is 1. The Bertz CT molecular complexity index is 1390. The van der Waals surface area contributed by atoms with E-state index in [0.29, 0.717) is 32.9 Å². The molecule has 1 aliphatic heterocycles. The normalized spacial score (nSPS) is 17.6. The fourth-order valence-electron chi connectivity index (χ4n) is 4.13. The van der Waals surface area contributed by atoms with E-state index in [1.807, 2.05) is 18.2 Å². The minimum Gasteiger partial charge on any atom is -0.506 e. The first-order chi connectivity index (χ1) is 16.4. The number of carboxylic acids is 1. The molecule has 2 aromatic heterocycles. The second kappa shape index (κ2) is 8.81. The molecule has 2 atom stereocenters. The number of carbonyl (C=O) groups is 1. The van der Waals surface area contributed by atoms with Crippen molar-refractivity contribution in [1.29, 1.82) is 0 Å². The predicted molar refractivity (Wildman–Crippen MR) is 132 cm³/mol. The van der Waals surface area contributed by atoms with E-state index in [-0.39, 0.29) is 11.3 Å². The molecular formula is C25H18ClN3O4S. The zero-order valence-corrected chi connectivity index (χ0v) is 19.1. The maximum absolute atomic E-state index is 11.7. The van der Waals surface area contributed by atoms with Crippen molar-refractivity contribution < 1.29 is 19.4 Å². The molecule has 0 saturated carbocycles. The SMILES string of the molecule is O=C(O)c1ccccc1-c1ccc([C@H]2[C@@H](c3ccccn3)NC(=S)N2c2cc(Cl)ccc2O)o1. The molecule has 0 radical (unpaired) electrons. The Hall–Kier alpha value is -3.88. The summed E-state index contributed by atoms with van der Waals surface area (Å²) in [6.45, 7) is 0. The largest absolute Gasteiger partial charge is 0.506 e. The van der Waals surface area contributed by atoms with Crippen molar-refractivity contribution in [2.24, 2.45) is 0 Å². The molecule has 0 amide bonds. The van der Waals surface area contributed by atoms with Crippen molar-refractivity contribution in [1.82, 2.24) is 10.3 Å². The summed E-state index contributed by atoms with van der Waals surface area (Å²) in [5.74, 6) is -0.129. The minimum absolute atomic E-state index is 0.00298. The number of furan rings is 1.